The molecule has 0 atom stereocenters. The van der Waals surface area contributed by atoms with Gasteiger partial charge in [-0.25, -0.2) is 0 Å². The Morgan fingerprint density at radius 1 is 1.21 bits per heavy atom. The summed E-state index contributed by atoms with van der Waals surface area (Å²) in [6, 6.07) is 8.55. The molecule has 1 aromatic carbocycles. The first-order chi connectivity index (χ1) is 11.5. The number of hydrogen-bond donors (Lipinski definition) is 1. The van der Waals surface area contributed by atoms with Gasteiger partial charge in [0.1, 0.15) is 5.56 Å². The standard InChI is InChI=1S/C18H19N3O3/c1-12-11-13(7-8-15(12)21-10-4-6-16(21)22)19-17(23)14-5-3-9-20(2)18(14)24/h3,5,7-9,11H,4,6,10H2,1-2H3,(H,19,23). The molecule has 0 radical (unpaired) electrons. The Balaban J connectivity index is 1.82. The summed E-state index contributed by atoms with van der Waals surface area (Å²) < 4.78 is 1.36. The molecular formula is C18H19N3O3. The Morgan fingerprint density at radius 3 is 2.67 bits per heavy atom. The molecule has 1 fully saturated rings. The Kier molecular flexibility index (Phi) is 4.20. The molecule has 2 aromatic rings. The Morgan fingerprint density at radius 2 is 2.00 bits per heavy atom. The second kappa shape index (κ2) is 6.31. The minimum absolute atomic E-state index is 0.0939. The van der Waals surface area contributed by atoms with Gasteiger partial charge in [-0.05, 0) is 49.2 Å². The van der Waals surface area contributed by atoms with Crippen molar-refractivity contribution in [1.82, 2.24) is 4.57 Å². The van der Waals surface area contributed by atoms with Gasteiger partial charge in [-0.2, -0.15) is 0 Å². The van der Waals surface area contributed by atoms with Crippen molar-refractivity contribution in [3.63, 3.8) is 0 Å². The van der Waals surface area contributed by atoms with Crippen LogP contribution in [0.15, 0.2) is 41.3 Å². The molecule has 0 spiro atoms. The first-order valence-electron chi connectivity index (χ1n) is 7.85. The number of nitrogens with one attached hydrogen (secondary N) is 1. The van der Waals surface area contributed by atoms with Gasteiger partial charge >= 0.3 is 0 Å². The van der Waals surface area contributed by atoms with E-state index in [9.17, 15) is 14.4 Å². The molecule has 124 valence electrons. The minimum atomic E-state index is -0.444. The average molecular weight is 325 g/mol. The monoisotopic (exact) mass is 325 g/mol. The molecule has 1 aliphatic heterocycles. The van der Waals surface area contributed by atoms with E-state index in [4.69, 9.17) is 0 Å². The summed E-state index contributed by atoms with van der Waals surface area (Å²) >= 11 is 0. The highest BCUT2D eigenvalue weighted by Gasteiger charge is 2.23. The van der Waals surface area contributed by atoms with Crippen LogP contribution in [0.25, 0.3) is 0 Å². The van der Waals surface area contributed by atoms with Gasteiger partial charge in [0.15, 0.2) is 0 Å². The quantitative estimate of drug-likeness (QED) is 0.939. The number of hydrogen-bond acceptors (Lipinski definition) is 3. The van der Waals surface area contributed by atoms with Gasteiger partial charge in [-0.3, -0.25) is 14.4 Å². The van der Waals surface area contributed by atoms with E-state index in [0.29, 0.717) is 12.1 Å². The Bertz CT molecular complexity index is 870. The summed E-state index contributed by atoms with van der Waals surface area (Å²) in [5, 5.41) is 2.74. The summed E-state index contributed by atoms with van der Waals surface area (Å²) in [6.45, 7) is 2.63. The van der Waals surface area contributed by atoms with Crippen molar-refractivity contribution in [3.8, 4) is 0 Å². The van der Waals surface area contributed by atoms with E-state index in [1.165, 1.54) is 10.6 Å². The van der Waals surface area contributed by atoms with Gasteiger partial charge in [0, 0.05) is 37.6 Å². The van der Waals surface area contributed by atoms with Gasteiger partial charge in [-0.1, -0.05) is 0 Å². The lowest BCUT2D eigenvalue weighted by Crippen LogP contribution is -2.27. The molecule has 24 heavy (non-hydrogen) atoms. The van der Waals surface area contributed by atoms with Crippen molar-refractivity contribution in [1.29, 1.82) is 0 Å². The van der Waals surface area contributed by atoms with Crippen LogP contribution < -0.4 is 15.8 Å². The van der Waals surface area contributed by atoms with E-state index < -0.39 is 5.91 Å². The molecule has 0 aliphatic carbocycles. The number of aryl methyl sites for hydroxylation is 2. The summed E-state index contributed by atoms with van der Waals surface area (Å²) in [5.74, 6) is -0.316. The predicted octanol–water partition coefficient (Wildman–Crippen LogP) is 2.07. The fraction of sp³-hybridized carbons (Fsp3) is 0.278. The molecule has 6 heteroatoms. The summed E-state index contributed by atoms with van der Waals surface area (Å²) in [5.41, 5.74) is 2.12. The third-order valence-corrected chi connectivity index (χ3v) is 4.19. The maximum absolute atomic E-state index is 12.3. The van der Waals surface area contributed by atoms with Crippen LogP contribution in [0.4, 0.5) is 11.4 Å². The van der Waals surface area contributed by atoms with Gasteiger partial charge in [0.05, 0.1) is 0 Å². The second-order valence-electron chi connectivity index (χ2n) is 5.94. The first-order valence-corrected chi connectivity index (χ1v) is 7.85. The van der Waals surface area contributed by atoms with E-state index >= 15 is 0 Å². The minimum Gasteiger partial charge on any atom is -0.322 e. The van der Waals surface area contributed by atoms with Crippen LogP contribution in [0, 0.1) is 6.92 Å². The number of anilines is 2. The molecule has 2 amide bonds. The van der Waals surface area contributed by atoms with Gasteiger partial charge in [-0.15, -0.1) is 0 Å². The van der Waals surface area contributed by atoms with Crippen molar-refractivity contribution in [2.75, 3.05) is 16.8 Å². The van der Waals surface area contributed by atoms with Crippen LogP contribution in [-0.4, -0.2) is 22.9 Å². The zero-order valence-electron chi connectivity index (χ0n) is 13.7. The molecule has 0 unspecified atom stereocenters. The van der Waals surface area contributed by atoms with Crippen LogP contribution in [-0.2, 0) is 11.8 Å². The average Bonchev–Trinajstić information content (AvgIpc) is 2.96. The Hall–Kier alpha value is -2.89. The third-order valence-electron chi connectivity index (χ3n) is 4.19. The number of rotatable bonds is 3. The van der Waals surface area contributed by atoms with Gasteiger partial charge in [0.25, 0.3) is 11.5 Å². The third kappa shape index (κ3) is 2.95. The fourth-order valence-electron chi connectivity index (χ4n) is 2.91. The smallest absolute Gasteiger partial charge is 0.263 e. The van der Waals surface area contributed by atoms with E-state index in [1.54, 1.807) is 30.3 Å². The van der Waals surface area contributed by atoms with Crippen LogP contribution in [0.2, 0.25) is 0 Å². The van der Waals surface area contributed by atoms with Gasteiger partial charge in [0.2, 0.25) is 5.91 Å². The molecule has 1 aliphatic rings. The molecule has 2 heterocycles. The van der Waals surface area contributed by atoms with Crippen molar-refractivity contribution in [2.45, 2.75) is 19.8 Å². The largest absolute Gasteiger partial charge is 0.322 e. The lowest BCUT2D eigenvalue weighted by Gasteiger charge is -2.19. The van der Waals surface area contributed by atoms with Crippen LogP contribution in [0.1, 0.15) is 28.8 Å². The van der Waals surface area contributed by atoms with Crippen molar-refractivity contribution in [3.05, 3.63) is 58.0 Å². The zero-order valence-corrected chi connectivity index (χ0v) is 13.7. The summed E-state index contributed by atoms with van der Waals surface area (Å²) in [4.78, 5) is 37.9. The van der Waals surface area contributed by atoms with E-state index in [-0.39, 0.29) is 17.0 Å². The fourth-order valence-corrected chi connectivity index (χ4v) is 2.91. The second-order valence-corrected chi connectivity index (χ2v) is 5.94. The lowest BCUT2D eigenvalue weighted by molar-refractivity contribution is -0.117. The lowest BCUT2D eigenvalue weighted by atomic mass is 10.1. The molecule has 6 nitrogen and oxygen atoms in total. The van der Waals surface area contributed by atoms with E-state index in [2.05, 4.69) is 5.32 Å². The van der Waals surface area contributed by atoms with Crippen LogP contribution >= 0.6 is 0 Å². The molecule has 3 rings (SSSR count). The van der Waals surface area contributed by atoms with Crippen LogP contribution in [0.5, 0.6) is 0 Å². The Labute approximate surface area is 139 Å². The predicted molar refractivity (Wildman–Crippen MR) is 92.4 cm³/mol. The summed E-state index contributed by atoms with van der Waals surface area (Å²) in [7, 11) is 1.60. The molecule has 1 aromatic heterocycles. The van der Waals surface area contributed by atoms with Crippen LogP contribution in [0.3, 0.4) is 0 Å². The molecule has 1 saturated heterocycles. The zero-order chi connectivity index (χ0) is 17.3. The first kappa shape index (κ1) is 16.0. The van der Waals surface area contributed by atoms with E-state index in [0.717, 1.165) is 24.2 Å². The number of benzene rings is 1. The summed E-state index contributed by atoms with van der Waals surface area (Å²) in [6.07, 6.45) is 3.05. The number of amides is 2. The number of aromatic nitrogens is 1. The topological polar surface area (TPSA) is 71.4 Å². The number of carbonyl (C=O) groups is 2. The highest BCUT2D eigenvalue weighted by atomic mass is 16.2. The normalized spacial score (nSPS) is 14.1. The van der Waals surface area contributed by atoms with E-state index in [1.807, 2.05) is 19.1 Å². The number of pyridine rings is 1. The highest BCUT2D eigenvalue weighted by Crippen LogP contribution is 2.27. The molecule has 0 saturated carbocycles. The molecule has 0 bridgehead atoms. The number of nitrogens with zero attached hydrogens (tertiary/aromatic N) is 2. The maximum atomic E-state index is 12.3. The van der Waals surface area contributed by atoms with Crippen molar-refractivity contribution in [2.24, 2.45) is 7.05 Å². The van der Waals surface area contributed by atoms with Gasteiger partial charge < -0.3 is 14.8 Å². The highest BCUT2D eigenvalue weighted by molar-refractivity contribution is 6.04. The van der Waals surface area contributed by atoms with Crippen molar-refractivity contribution < 1.29 is 9.59 Å². The maximum Gasteiger partial charge on any atom is 0.263 e. The number of carbonyl (C=O) groups excluding carboxylic acids is 2. The molecule has 1 N–H and O–H groups in total. The molecular weight excluding hydrogens is 306 g/mol. The SMILES string of the molecule is Cc1cc(NC(=O)c2cccn(C)c2=O)ccc1N1CCCC1=O. The van der Waals surface area contributed by atoms with Crippen molar-refractivity contribution >= 4 is 23.2 Å².